The summed E-state index contributed by atoms with van der Waals surface area (Å²) in [5, 5.41) is 0. The highest BCUT2D eigenvalue weighted by atomic mass is 16.5. The fourth-order valence-corrected chi connectivity index (χ4v) is 3.27. The molecule has 2 aromatic carbocycles. The summed E-state index contributed by atoms with van der Waals surface area (Å²) in [6.07, 6.45) is 1.04. The molecule has 0 fully saturated rings. The highest BCUT2D eigenvalue weighted by Crippen LogP contribution is 2.41. The first-order valence-electron chi connectivity index (χ1n) is 7.17. The average molecular weight is 267 g/mol. The Bertz CT molecular complexity index is 637. The van der Waals surface area contributed by atoms with Crippen molar-refractivity contribution in [2.75, 3.05) is 6.54 Å². The molecule has 2 N–H and O–H groups in total. The number of hydrogen-bond donors (Lipinski definition) is 1. The molecule has 0 saturated carbocycles. The van der Waals surface area contributed by atoms with E-state index in [0.717, 1.165) is 12.2 Å². The van der Waals surface area contributed by atoms with E-state index < -0.39 is 0 Å². The zero-order valence-corrected chi connectivity index (χ0v) is 12.4. The maximum atomic E-state index is 6.06. The second-order valence-corrected chi connectivity index (χ2v) is 5.75. The predicted molar refractivity (Wildman–Crippen MR) is 83.3 cm³/mol. The van der Waals surface area contributed by atoms with Crippen LogP contribution in [0.15, 0.2) is 30.3 Å². The Morgan fingerprint density at radius 1 is 1.15 bits per heavy atom. The number of hydrogen-bond acceptors (Lipinski definition) is 2. The van der Waals surface area contributed by atoms with Gasteiger partial charge in [-0.2, -0.15) is 0 Å². The Kier molecular flexibility index (Phi) is 3.27. The molecule has 0 bridgehead atoms. The lowest BCUT2D eigenvalue weighted by atomic mass is 9.92. The molecule has 1 aliphatic heterocycles. The summed E-state index contributed by atoms with van der Waals surface area (Å²) in [6, 6.07) is 10.9. The molecule has 104 valence electrons. The van der Waals surface area contributed by atoms with Crippen LogP contribution >= 0.6 is 0 Å². The SMILES string of the molecule is Cc1cc(C)c(-c2cccc3c2OC(CN)C3)c(C)c1. The lowest BCUT2D eigenvalue weighted by Crippen LogP contribution is -2.24. The van der Waals surface area contributed by atoms with Gasteiger partial charge in [0.2, 0.25) is 0 Å². The standard InChI is InChI=1S/C18H21NO/c1-11-7-12(2)17(13(3)8-11)16-6-4-5-14-9-15(10-19)20-18(14)16/h4-8,15H,9-10,19H2,1-3H3. The molecule has 1 heterocycles. The molecule has 2 aromatic rings. The monoisotopic (exact) mass is 267 g/mol. The van der Waals surface area contributed by atoms with Crippen LogP contribution in [0.1, 0.15) is 22.3 Å². The van der Waals surface area contributed by atoms with Crippen LogP contribution in [0.25, 0.3) is 11.1 Å². The number of aryl methyl sites for hydroxylation is 3. The van der Waals surface area contributed by atoms with Crippen LogP contribution in [-0.2, 0) is 6.42 Å². The quantitative estimate of drug-likeness (QED) is 0.903. The second kappa shape index (κ2) is 4.95. The first kappa shape index (κ1) is 13.2. The van der Waals surface area contributed by atoms with Gasteiger partial charge in [-0.3, -0.25) is 0 Å². The van der Waals surface area contributed by atoms with Crippen molar-refractivity contribution in [1.82, 2.24) is 0 Å². The zero-order chi connectivity index (χ0) is 14.3. The van der Waals surface area contributed by atoms with Crippen LogP contribution in [0.3, 0.4) is 0 Å². The first-order valence-corrected chi connectivity index (χ1v) is 7.17. The van der Waals surface area contributed by atoms with E-state index in [1.165, 1.54) is 33.4 Å². The van der Waals surface area contributed by atoms with Crippen LogP contribution < -0.4 is 10.5 Å². The molecule has 0 aromatic heterocycles. The van der Waals surface area contributed by atoms with E-state index in [4.69, 9.17) is 10.5 Å². The maximum absolute atomic E-state index is 6.06. The lowest BCUT2D eigenvalue weighted by molar-refractivity contribution is 0.242. The molecule has 20 heavy (non-hydrogen) atoms. The van der Waals surface area contributed by atoms with Gasteiger partial charge in [0.05, 0.1) is 0 Å². The van der Waals surface area contributed by atoms with Gasteiger partial charge in [0.1, 0.15) is 11.9 Å². The van der Waals surface area contributed by atoms with E-state index in [2.05, 4.69) is 51.1 Å². The van der Waals surface area contributed by atoms with Crippen molar-refractivity contribution < 1.29 is 4.74 Å². The number of nitrogens with two attached hydrogens (primary N) is 1. The third-order valence-corrected chi connectivity index (χ3v) is 4.04. The van der Waals surface area contributed by atoms with Gasteiger partial charge in [0, 0.05) is 18.5 Å². The Labute approximate surface area is 120 Å². The van der Waals surface area contributed by atoms with E-state index >= 15 is 0 Å². The van der Waals surface area contributed by atoms with Gasteiger partial charge in [-0.05, 0) is 43.0 Å². The van der Waals surface area contributed by atoms with Crippen molar-refractivity contribution in [2.24, 2.45) is 5.73 Å². The van der Waals surface area contributed by atoms with Crippen molar-refractivity contribution >= 4 is 0 Å². The fourth-order valence-electron chi connectivity index (χ4n) is 3.27. The van der Waals surface area contributed by atoms with Crippen molar-refractivity contribution in [1.29, 1.82) is 0 Å². The van der Waals surface area contributed by atoms with Crippen molar-refractivity contribution in [2.45, 2.75) is 33.3 Å². The summed E-state index contributed by atoms with van der Waals surface area (Å²) < 4.78 is 6.06. The summed E-state index contributed by atoms with van der Waals surface area (Å²) >= 11 is 0. The van der Waals surface area contributed by atoms with Crippen molar-refractivity contribution in [3.8, 4) is 16.9 Å². The molecule has 1 aliphatic rings. The third kappa shape index (κ3) is 2.10. The minimum Gasteiger partial charge on any atom is -0.488 e. The molecule has 0 aliphatic carbocycles. The van der Waals surface area contributed by atoms with Crippen LogP contribution in [0.2, 0.25) is 0 Å². The van der Waals surface area contributed by atoms with Gasteiger partial charge < -0.3 is 10.5 Å². The van der Waals surface area contributed by atoms with Gasteiger partial charge >= 0.3 is 0 Å². The molecule has 1 atom stereocenters. The molecule has 1 unspecified atom stereocenters. The van der Waals surface area contributed by atoms with Gasteiger partial charge in [0.25, 0.3) is 0 Å². The number of rotatable bonds is 2. The highest BCUT2D eigenvalue weighted by Gasteiger charge is 2.25. The second-order valence-electron chi connectivity index (χ2n) is 5.75. The molecular formula is C18H21NO. The molecule has 0 spiro atoms. The fraction of sp³-hybridized carbons (Fsp3) is 0.333. The number of ether oxygens (including phenoxy) is 1. The van der Waals surface area contributed by atoms with Gasteiger partial charge in [-0.25, -0.2) is 0 Å². The average Bonchev–Trinajstić information content (AvgIpc) is 2.81. The topological polar surface area (TPSA) is 35.2 Å². The summed E-state index contributed by atoms with van der Waals surface area (Å²) in [4.78, 5) is 0. The van der Waals surface area contributed by atoms with Crippen LogP contribution in [0, 0.1) is 20.8 Å². The van der Waals surface area contributed by atoms with E-state index in [1.54, 1.807) is 0 Å². The molecule has 0 saturated heterocycles. The maximum Gasteiger partial charge on any atom is 0.130 e. The minimum atomic E-state index is 0.122. The lowest BCUT2D eigenvalue weighted by Gasteiger charge is -2.15. The molecule has 2 heteroatoms. The van der Waals surface area contributed by atoms with E-state index in [1.807, 2.05) is 0 Å². The predicted octanol–water partition coefficient (Wildman–Crippen LogP) is 3.54. The van der Waals surface area contributed by atoms with Crippen LogP contribution in [0.4, 0.5) is 0 Å². The largest absolute Gasteiger partial charge is 0.488 e. The van der Waals surface area contributed by atoms with E-state index in [-0.39, 0.29) is 6.10 Å². The summed E-state index contributed by atoms with van der Waals surface area (Å²) in [5.41, 5.74) is 13.4. The van der Waals surface area contributed by atoms with Gasteiger partial charge in [-0.15, -0.1) is 0 Å². The Balaban J connectivity index is 2.16. The molecule has 3 rings (SSSR count). The number of para-hydroxylation sites is 1. The molecule has 0 radical (unpaired) electrons. The van der Waals surface area contributed by atoms with E-state index in [9.17, 15) is 0 Å². The van der Waals surface area contributed by atoms with Crippen LogP contribution in [-0.4, -0.2) is 12.6 Å². The molecular weight excluding hydrogens is 246 g/mol. The summed E-state index contributed by atoms with van der Waals surface area (Å²) in [7, 11) is 0. The zero-order valence-electron chi connectivity index (χ0n) is 12.4. The highest BCUT2D eigenvalue weighted by molar-refractivity contribution is 5.78. The summed E-state index contributed by atoms with van der Waals surface area (Å²) in [6.45, 7) is 7.05. The third-order valence-electron chi connectivity index (χ3n) is 4.04. The molecule has 0 amide bonds. The first-order chi connectivity index (χ1) is 9.60. The van der Waals surface area contributed by atoms with Gasteiger partial charge in [-0.1, -0.05) is 35.9 Å². The minimum absolute atomic E-state index is 0.122. The summed E-state index contributed by atoms with van der Waals surface area (Å²) in [5.74, 6) is 1.03. The number of benzene rings is 2. The van der Waals surface area contributed by atoms with Crippen molar-refractivity contribution in [3.63, 3.8) is 0 Å². The Morgan fingerprint density at radius 2 is 1.85 bits per heavy atom. The van der Waals surface area contributed by atoms with Crippen molar-refractivity contribution in [3.05, 3.63) is 52.6 Å². The Morgan fingerprint density at radius 3 is 2.50 bits per heavy atom. The number of fused-ring (bicyclic) bond motifs is 1. The smallest absolute Gasteiger partial charge is 0.130 e. The Hall–Kier alpha value is -1.80. The molecule has 2 nitrogen and oxygen atoms in total. The van der Waals surface area contributed by atoms with E-state index in [0.29, 0.717) is 6.54 Å². The van der Waals surface area contributed by atoms with Gasteiger partial charge in [0.15, 0.2) is 0 Å². The normalized spacial score (nSPS) is 16.9. The van der Waals surface area contributed by atoms with Crippen LogP contribution in [0.5, 0.6) is 5.75 Å².